The van der Waals surface area contributed by atoms with E-state index in [0.717, 1.165) is 52.6 Å². The van der Waals surface area contributed by atoms with Gasteiger partial charge in [0.05, 0.1) is 22.4 Å². The molecule has 0 fully saturated rings. The van der Waals surface area contributed by atoms with Gasteiger partial charge in [-0.1, -0.05) is 64.0 Å². The number of pyridine rings is 1. The van der Waals surface area contributed by atoms with E-state index in [2.05, 4.69) is 131 Å². The van der Waals surface area contributed by atoms with E-state index in [1.54, 1.807) is 5.57 Å². The largest absolute Gasteiger partial charge is 0.457 e. The monoisotopic (exact) mass is 636 g/mol. The van der Waals surface area contributed by atoms with Crippen LogP contribution in [0.4, 0.5) is 0 Å². The highest BCUT2D eigenvalue weighted by Gasteiger charge is 2.34. The average Bonchev–Trinajstić information content (AvgIpc) is 3.59. The smallest absolute Gasteiger partial charge is 0.137 e. The molecule has 7 rings (SSSR count). The molecule has 1 aliphatic carbocycles. The fourth-order valence-corrected chi connectivity index (χ4v) is 8.17. The summed E-state index contributed by atoms with van der Waals surface area (Å²) in [6, 6.07) is 25.7. The van der Waals surface area contributed by atoms with Crippen LogP contribution in [0.25, 0.3) is 33.3 Å². The van der Waals surface area contributed by atoms with E-state index in [9.17, 15) is 0 Å². The molecule has 3 aromatic heterocycles. The van der Waals surface area contributed by atoms with Crippen LogP contribution < -0.4 is 4.74 Å². The molecule has 0 saturated carbocycles. The van der Waals surface area contributed by atoms with Crippen molar-refractivity contribution in [1.82, 2.24) is 19.3 Å². The molecule has 6 aromatic rings. The average molecular weight is 637 g/mol. The zero-order chi connectivity index (χ0) is 33.5. The molecule has 0 bridgehead atoms. The molecule has 0 N–H and O–H groups in total. The Labute approximate surface area is 285 Å². The first-order chi connectivity index (χ1) is 23.3. The van der Waals surface area contributed by atoms with Crippen molar-refractivity contribution >= 4 is 21.8 Å². The van der Waals surface area contributed by atoms with Gasteiger partial charge in [0.1, 0.15) is 17.3 Å². The van der Waals surface area contributed by atoms with Crippen molar-refractivity contribution in [1.29, 1.82) is 0 Å². The van der Waals surface area contributed by atoms with Crippen LogP contribution in [0.15, 0.2) is 90.6 Å². The summed E-state index contributed by atoms with van der Waals surface area (Å²) in [6.07, 6.45) is 10.1. The van der Waals surface area contributed by atoms with Gasteiger partial charge in [-0.2, -0.15) is 5.10 Å². The van der Waals surface area contributed by atoms with Gasteiger partial charge < -0.3 is 4.74 Å². The zero-order valence-corrected chi connectivity index (χ0v) is 29.5. The SMILES string of the molecule is CCC1=C[C@H](CC)C[C@H](CC)C1c1c(C)nn(-c2cc(CC)cc(Oc3ccc4c5ccccc5n(-c5cc(C)ccn5)c4c3)c2)c1C. The van der Waals surface area contributed by atoms with Crippen LogP contribution in [-0.4, -0.2) is 19.3 Å². The normalized spacial score (nSPS) is 18.1. The molecule has 0 aliphatic heterocycles. The number of allylic oxidation sites excluding steroid dienone is 2. The lowest BCUT2D eigenvalue weighted by molar-refractivity contribution is 0.330. The minimum atomic E-state index is 0.433. The van der Waals surface area contributed by atoms with Gasteiger partial charge in [0, 0.05) is 46.3 Å². The van der Waals surface area contributed by atoms with Gasteiger partial charge in [-0.25, -0.2) is 9.67 Å². The number of hydrogen-bond acceptors (Lipinski definition) is 3. The highest BCUT2D eigenvalue weighted by molar-refractivity contribution is 6.09. The number of ether oxygens (including phenoxy) is 1. The number of para-hydroxylation sites is 1. The van der Waals surface area contributed by atoms with Crippen LogP contribution in [0.5, 0.6) is 11.5 Å². The Morgan fingerprint density at radius 2 is 1.60 bits per heavy atom. The number of fused-ring (bicyclic) bond motifs is 3. The Morgan fingerprint density at radius 3 is 2.35 bits per heavy atom. The highest BCUT2D eigenvalue weighted by Crippen LogP contribution is 2.46. The lowest BCUT2D eigenvalue weighted by atomic mass is 9.68. The zero-order valence-electron chi connectivity index (χ0n) is 29.5. The summed E-state index contributed by atoms with van der Waals surface area (Å²) in [4.78, 5) is 4.75. The van der Waals surface area contributed by atoms with E-state index in [4.69, 9.17) is 14.8 Å². The minimum Gasteiger partial charge on any atom is -0.457 e. The third-order valence-corrected chi connectivity index (χ3v) is 10.7. The van der Waals surface area contributed by atoms with E-state index >= 15 is 0 Å². The molecular weight excluding hydrogens is 589 g/mol. The molecule has 1 aliphatic rings. The van der Waals surface area contributed by atoms with Gasteiger partial charge in [0.2, 0.25) is 0 Å². The van der Waals surface area contributed by atoms with E-state index in [-0.39, 0.29) is 0 Å². The van der Waals surface area contributed by atoms with Crippen LogP contribution in [-0.2, 0) is 6.42 Å². The quantitative estimate of drug-likeness (QED) is 0.148. The standard InChI is InChI=1S/C43H48N4O/c1-8-30-21-32(10-3)43(33(11-4)22-30)42-28(6)45-47(29(42)7)34-23-31(9-2)24-36(25-34)48-35-16-17-38-37-14-12-13-15-39(37)46(40(38)26-35)41-20-27(5)18-19-44-41/h12-21,23-26,30,33,43H,8-11,22H2,1-7H3/t30-,33-,43?/m0/s1. The predicted molar refractivity (Wildman–Crippen MR) is 199 cm³/mol. The van der Waals surface area contributed by atoms with Crippen molar-refractivity contribution in [2.45, 2.75) is 86.5 Å². The summed E-state index contributed by atoms with van der Waals surface area (Å²) >= 11 is 0. The Balaban J connectivity index is 1.29. The highest BCUT2D eigenvalue weighted by atomic mass is 16.5. The lowest BCUT2D eigenvalue weighted by Crippen LogP contribution is -2.24. The Kier molecular flexibility index (Phi) is 8.72. The van der Waals surface area contributed by atoms with Gasteiger partial charge in [0.15, 0.2) is 0 Å². The summed E-state index contributed by atoms with van der Waals surface area (Å²) in [5.41, 5.74) is 11.0. The summed E-state index contributed by atoms with van der Waals surface area (Å²) in [7, 11) is 0. The van der Waals surface area contributed by atoms with Crippen molar-refractivity contribution in [2.75, 3.05) is 0 Å². The fraction of sp³-hybridized carbons (Fsp3) is 0.349. The lowest BCUT2D eigenvalue weighted by Gasteiger charge is -2.36. The minimum absolute atomic E-state index is 0.433. The van der Waals surface area contributed by atoms with E-state index < -0.39 is 0 Å². The molecule has 5 nitrogen and oxygen atoms in total. The van der Waals surface area contributed by atoms with Crippen molar-refractivity contribution in [2.24, 2.45) is 11.8 Å². The van der Waals surface area contributed by atoms with Crippen LogP contribution in [0.2, 0.25) is 0 Å². The second-order valence-corrected chi connectivity index (χ2v) is 13.7. The number of aromatic nitrogens is 4. The summed E-state index contributed by atoms with van der Waals surface area (Å²) in [6.45, 7) is 15.8. The summed E-state index contributed by atoms with van der Waals surface area (Å²) in [5, 5.41) is 7.58. The third kappa shape index (κ3) is 5.63. The van der Waals surface area contributed by atoms with Gasteiger partial charge in [-0.05, 0) is 112 Å². The molecule has 246 valence electrons. The van der Waals surface area contributed by atoms with Crippen molar-refractivity contribution in [3.63, 3.8) is 0 Å². The van der Waals surface area contributed by atoms with E-state index in [0.29, 0.717) is 17.8 Å². The number of benzene rings is 3. The predicted octanol–water partition coefficient (Wildman–Crippen LogP) is 11.5. The van der Waals surface area contributed by atoms with Crippen molar-refractivity contribution in [3.8, 4) is 23.0 Å². The molecule has 3 atom stereocenters. The molecule has 0 spiro atoms. The van der Waals surface area contributed by atoms with Crippen LogP contribution >= 0.6 is 0 Å². The van der Waals surface area contributed by atoms with Gasteiger partial charge >= 0.3 is 0 Å². The molecule has 0 amide bonds. The van der Waals surface area contributed by atoms with Crippen LogP contribution in [0, 0.1) is 32.6 Å². The first-order valence-electron chi connectivity index (χ1n) is 17.9. The molecule has 0 saturated heterocycles. The molecule has 1 unspecified atom stereocenters. The molecule has 3 heterocycles. The first kappa shape index (κ1) is 31.9. The first-order valence-corrected chi connectivity index (χ1v) is 17.9. The maximum Gasteiger partial charge on any atom is 0.137 e. The number of rotatable bonds is 9. The Bertz CT molecular complexity index is 2150. The van der Waals surface area contributed by atoms with Gasteiger partial charge in [-0.15, -0.1) is 0 Å². The Morgan fingerprint density at radius 1 is 0.792 bits per heavy atom. The van der Waals surface area contributed by atoms with Crippen LogP contribution in [0.3, 0.4) is 0 Å². The maximum atomic E-state index is 6.70. The molecule has 48 heavy (non-hydrogen) atoms. The maximum absolute atomic E-state index is 6.70. The molecule has 0 radical (unpaired) electrons. The summed E-state index contributed by atoms with van der Waals surface area (Å²) < 4.78 is 11.1. The van der Waals surface area contributed by atoms with Gasteiger partial charge in [0.25, 0.3) is 0 Å². The molecular formula is C43H48N4O. The number of hydrogen-bond donors (Lipinski definition) is 0. The number of nitrogens with zero attached hydrogens (tertiary/aromatic N) is 4. The van der Waals surface area contributed by atoms with Crippen molar-refractivity contribution in [3.05, 3.63) is 119 Å². The molecule has 3 aromatic carbocycles. The summed E-state index contributed by atoms with van der Waals surface area (Å²) in [5.74, 6) is 4.28. The van der Waals surface area contributed by atoms with E-state index in [1.807, 2.05) is 12.3 Å². The second-order valence-electron chi connectivity index (χ2n) is 13.7. The van der Waals surface area contributed by atoms with Crippen LogP contribution in [0.1, 0.15) is 87.4 Å². The Hall–Kier alpha value is -4.64. The van der Waals surface area contributed by atoms with E-state index in [1.165, 1.54) is 52.4 Å². The topological polar surface area (TPSA) is 44.9 Å². The van der Waals surface area contributed by atoms with Gasteiger partial charge in [-0.3, -0.25) is 4.57 Å². The third-order valence-electron chi connectivity index (χ3n) is 10.7. The fourth-order valence-electron chi connectivity index (χ4n) is 8.17. The molecule has 5 heteroatoms. The number of aryl methyl sites for hydroxylation is 3. The van der Waals surface area contributed by atoms with Crippen molar-refractivity contribution < 1.29 is 4.74 Å². The second kappa shape index (κ2) is 13.1.